The van der Waals surface area contributed by atoms with Gasteiger partial charge in [0, 0.05) is 18.5 Å². The van der Waals surface area contributed by atoms with E-state index in [-0.39, 0.29) is 11.9 Å². The minimum atomic E-state index is -3.51. The van der Waals surface area contributed by atoms with E-state index >= 15 is 0 Å². The molecule has 1 heterocycles. The molecule has 0 saturated carbocycles. The molecule has 1 aliphatic heterocycles. The molecule has 126 valence electrons. The van der Waals surface area contributed by atoms with Gasteiger partial charge in [0.2, 0.25) is 15.9 Å². The number of carbonyl (C=O) groups excluding carboxylic acids is 1. The smallest absolute Gasteiger partial charge is 0.239 e. The Morgan fingerprint density at radius 1 is 1.26 bits per heavy atom. The molecular weight excluding hydrogens is 312 g/mol. The third-order valence-electron chi connectivity index (χ3n) is 5.12. The molecule has 1 aliphatic carbocycles. The van der Waals surface area contributed by atoms with E-state index in [0.717, 1.165) is 32.1 Å². The summed E-state index contributed by atoms with van der Waals surface area (Å²) in [6, 6.07) is 8.61. The van der Waals surface area contributed by atoms with Crippen molar-refractivity contribution < 1.29 is 13.2 Å². The fraction of sp³-hybridized carbons (Fsp3) is 0.588. The third kappa shape index (κ3) is 3.43. The number of amides is 1. The van der Waals surface area contributed by atoms with Gasteiger partial charge in [0.15, 0.2) is 0 Å². The number of nitrogens with zero attached hydrogens (tertiary/aromatic N) is 1. The molecule has 2 aliphatic rings. The summed E-state index contributed by atoms with van der Waals surface area (Å²) in [5.74, 6) is -0.387. The first-order valence-electron chi connectivity index (χ1n) is 8.30. The summed E-state index contributed by atoms with van der Waals surface area (Å²) in [5, 5.41) is 0. The van der Waals surface area contributed by atoms with Crippen molar-refractivity contribution in [2.45, 2.75) is 44.1 Å². The van der Waals surface area contributed by atoms with Crippen LogP contribution in [0.25, 0.3) is 0 Å². The predicted octanol–water partition coefficient (Wildman–Crippen LogP) is 1.65. The summed E-state index contributed by atoms with van der Waals surface area (Å²) >= 11 is 0. The molecule has 1 fully saturated rings. The van der Waals surface area contributed by atoms with E-state index in [9.17, 15) is 13.2 Å². The lowest BCUT2D eigenvalue weighted by Gasteiger charge is -2.35. The van der Waals surface area contributed by atoms with E-state index in [1.165, 1.54) is 18.2 Å². The van der Waals surface area contributed by atoms with Crippen molar-refractivity contribution in [3.8, 4) is 0 Å². The summed E-state index contributed by atoms with van der Waals surface area (Å²) in [6.07, 6.45) is 5.22. The van der Waals surface area contributed by atoms with Crippen molar-refractivity contribution in [1.82, 2.24) is 9.62 Å². The van der Waals surface area contributed by atoms with Crippen molar-refractivity contribution in [2.75, 3.05) is 19.3 Å². The van der Waals surface area contributed by atoms with E-state index in [1.54, 1.807) is 0 Å². The lowest BCUT2D eigenvalue weighted by molar-refractivity contribution is -0.129. The molecule has 5 nitrogen and oxygen atoms in total. The van der Waals surface area contributed by atoms with Crippen LogP contribution in [0.1, 0.15) is 42.7 Å². The van der Waals surface area contributed by atoms with Crippen molar-refractivity contribution >= 4 is 15.9 Å². The number of sulfonamides is 1. The minimum absolute atomic E-state index is 0.135. The van der Waals surface area contributed by atoms with Gasteiger partial charge in [-0.1, -0.05) is 24.3 Å². The van der Waals surface area contributed by atoms with Gasteiger partial charge in [0.25, 0.3) is 0 Å². The van der Waals surface area contributed by atoms with E-state index in [2.05, 4.69) is 29.0 Å². The number of nitrogens with one attached hydrogen (secondary N) is 1. The highest BCUT2D eigenvalue weighted by Gasteiger charge is 2.38. The van der Waals surface area contributed by atoms with Crippen LogP contribution in [-0.2, 0) is 21.2 Å². The Bertz CT molecular complexity index is 687. The lowest BCUT2D eigenvalue weighted by atomic mass is 9.78. The largest absolute Gasteiger partial charge is 0.338 e. The molecule has 0 aromatic heterocycles. The molecule has 1 N–H and O–H groups in total. The van der Waals surface area contributed by atoms with Gasteiger partial charge in [-0.05, 0) is 50.3 Å². The molecule has 0 bridgehead atoms. The number of fused-ring (bicyclic) bond motifs is 1. The summed E-state index contributed by atoms with van der Waals surface area (Å²) < 4.78 is 25.6. The van der Waals surface area contributed by atoms with Crippen molar-refractivity contribution in [2.24, 2.45) is 0 Å². The molecule has 1 aromatic carbocycles. The Hall–Kier alpha value is -1.40. The minimum Gasteiger partial charge on any atom is -0.338 e. The molecule has 0 spiro atoms. The molecule has 0 unspecified atom stereocenters. The van der Waals surface area contributed by atoms with Crippen LogP contribution >= 0.6 is 0 Å². The first-order chi connectivity index (χ1) is 11.0. The normalized spacial score (nSPS) is 24.5. The lowest BCUT2D eigenvalue weighted by Crippen LogP contribution is -2.44. The van der Waals surface area contributed by atoms with Crippen LogP contribution in [0.3, 0.4) is 0 Å². The molecule has 2 atom stereocenters. The van der Waals surface area contributed by atoms with Gasteiger partial charge in [0.05, 0.1) is 0 Å². The Balaban J connectivity index is 1.81. The van der Waals surface area contributed by atoms with Gasteiger partial charge in [-0.25, -0.2) is 13.1 Å². The van der Waals surface area contributed by atoms with E-state index in [1.807, 2.05) is 4.90 Å². The highest BCUT2D eigenvalue weighted by atomic mass is 32.2. The second kappa shape index (κ2) is 6.61. The maximum atomic E-state index is 12.5. The molecule has 6 heteroatoms. The first-order valence-corrected chi connectivity index (χ1v) is 9.95. The van der Waals surface area contributed by atoms with Crippen LogP contribution in [0.15, 0.2) is 24.3 Å². The zero-order valence-electron chi connectivity index (χ0n) is 13.5. The number of benzene rings is 1. The average Bonchev–Trinajstić information content (AvgIpc) is 3.03. The number of hydrogen-bond donors (Lipinski definition) is 1. The van der Waals surface area contributed by atoms with Crippen LogP contribution < -0.4 is 4.72 Å². The van der Waals surface area contributed by atoms with Crippen molar-refractivity contribution in [3.05, 3.63) is 35.4 Å². The number of aryl methyl sites for hydroxylation is 1. The standard InChI is InChI=1S/C17H24N2O3S/c1-18-23(21,22)12-17(20)19-11-5-10-16(19)15-9-4-7-13-6-2-3-8-14(13)15/h2-3,6,8,15-16,18H,4-5,7,9-12H2,1H3/t15-,16+/m1/s1. The summed E-state index contributed by atoms with van der Waals surface area (Å²) in [5.41, 5.74) is 2.73. The third-order valence-corrected chi connectivity index (χ3v) is 6.37. The summed E-state index contributed by atoms with van der Waals surface area (Å²) in [4.78, 5) is 14.3. The van der Waals surface area contributed by atoms with Gasteiger partial charge in [-0.3, -0.25) is 4.79 Å². The fourth-order valence-corrected chi connectivity index (χ4v) is 4.66. The topological polar surface area (TPSA) is 66.5 Å². The SMILES string of the molecule is CNS(=O)(=O)CC(=O)N1CCC[C@H]1[C@@H]1CCCc2ccccc21. The number of hydrogen-bond acceptors (Lipinski definition) is 3. The number of likely N-dealkylation sites (tertiary alicyclic amines) is 1. The maximum absolute atomic E-state index is 12.5. The number of carbonyl (C=O) groups is 1. The fourth-order valence-electron chi connectivity index (χ4n) is 4.03. The van der Waals surface area contributed by atoms with Gasteiger partial charge < -0.3 is 4.90 Å². The van der Waals surface area contributed by atoms with Crippen LogP contribution in [0, 0.1) is 0 Å². The Morgan fingerprint density at radius 2 is 2.04 bits per heavy atom. The van der Waals surface area contributed by atoms with Crippen molar-refractivity contribution in [3.63, 3.8) is 0 Å². The molecular formula is C17H24N2O3S. The van der Waals surface area contributed by atoms with Gasteiger partial charge in [-0.15, -0.1) is 0 Å². The molecule has 1 saturated heterocycles. The Labute approximate surface area is 138 Å². The van der Waals surface area contributed by atoms with Crippen LogP contribution in [-0.4, -0.2) is 44.6 Å². The zero-order chi connectivity index (χ0) is 16.4. The van der Waals surface area contributed by atoms with E-state index < -0.39 is 15.8 Å². The molecule has 1 amide bonds. The highest BCUT2D eigenvalue weighted by Crippen LogP contribution is 2.39. The van der Waals surface area contributed by atoms with Crippen LogP contribution in [0.4, 0.5) is 0 Å². The van der Waals surface area contributed by atoms with Gasteiger partial charge >= 0.3 is 0 Å². The van der Waals surface area contributed by atoms with Crippen LogP contribution in [0.2, 0.25) is 0 Å². The zero-order valence-corrected chi connectivity index (χ0v) is 14.3. The summed E-state index contributed by atoms with van der Waals surface area (Å²) in [6.45, 7) is 0.668. The molecule has 1 aromatic rings. The second-order valence-electron chi connectivity index (χ2n) is 6.46. The first kappa shape index (κ1) is 16.5. The highest BCUT2D eigenvalue weighted by molar-refractivity contribution is 7.90. The van der Waals surface area contributed by atoms with E-state index in [0.29, 0.717) is 12.5 Å². The number of rotatable bonds is 4. The molecule has 3 rings (SSSR count). The monoisotopic (exact) mass is 336 g/mol. The predicted molar refractivity (Wildman–Crippen MR) is 89.7 cm³/mol. The van der Waals surface area contributed by atoms with Gasteiger partial charge in [-0.2, -0.15) is 0 Å². The Kier molecular flexibility index (Phi) is 4.73. The molecule has 23 heavy (non-hydrogen) atoms. The van der Waals surface area contributed by atoms with Gasteiger partial charge in [0.1, 0.15) is 5.75 Å². The van der Waals surface area contributed by atoms with Crippen LogP contribution in [0.5, 0.6) is 0 Å². The maximum Gasteiger partial charge on any atom is 0.239 e. The molecule has 0 radical (unpaired) electrons. The second-order valence-corrected chi connectivity index (χ2v) is 8.38. The van der Waals surface area contributed by atoms with E-state index in [4.69, 9.17) is 0 Å². The van der Waals surface area contributed by atoms with Crippen molar-refractivity contribution in [1.29, 1.82) is 0 Å². The Morgan fingerprint density at radius 3 is 2.83 bits per heavy atom. The quantitative estimate of drug-likeness (QED) is 0.909. The summed E-state index contributed by atoms with van der Waals surface area (Å²) in [7, 11) is -2.16. The average molecular weight is 336 g/mol.